The van der Waals surface area contributed by atoms with E-state index in [0.29, 0.717) is 38.0 Å². The first-order valence-corrected chi connectivity index (χ1v) is 10.6. The van der Waals surface area contributed by atoms with Gasteiger partial charge in [0.15, 0.2) is 0 Å². The first-order valence-electron chi connectivity index (χ1n) is 10.6. The summed E-state index contributed by atoms with van der Waals surface area (Å²) in [6.07, 6.45) is 2.17. The van der Waals surface area contributed by atoms with Gasteiger partial charge in [0, 0.05) is 49.9 Å². The molecule has 1 aromatic heterocycles. The third-order valence-electron chi connectivity index (χ3n) is 6.26. The van der Waals surface area contributed by atoms with Crippen LogP contribution in [0.3, 0.4) is 0 Å². The Morgan fingerprint density at radius 1 is 1.13 bits per heavy atom. The number of piperidine rings is 1. The molecule has 3 aliphatic heterocycles. The average molecular weight is 422 g/mol. The van der Waals surface area contributed by atoms with Gasteiger partial charge >= 0.3 is 0 Å². The molecular weight excluding hydrogens is 399 g/mol. The van der Waals surface area contributed by atoms with Crippen molar-refractivity contribution in [2.45, 2.75) is 44.6 Å². The second-order valence-electron chi connectivity index (χ2n) is 8.44. The van der Waals surface area contributed by atoms with Gasteiger partial charge in [0.05, 0.1) is 5.69 Å². The lowest BCUT2D eigenvalue weighted by Gasteiger charge is -2.29. The summed E-state index contributed by atoms with van der Waals surface area (Å²) >= 11 is 0. The Labute approximate surface area is 179 Å². The van der Waals surface area contributed by atoms with E-state index in [1.807, 2.05) is 24.3 Å². The zero-order valence-corrected chi connectivity index (χ0v) is 17.0. The van der Waals surface area contributed by atoms with Gasteiger partial charge in [0.25, 0.3) is 5.91 Å². The van der Waals surface area contributed by atoms with Gasteiger partial charge in [-0.05, 0) is 48.2 Å². The minimum atomic E-state index is -0.747. The molecule has 3 amide bonds. The van der Waals surface area contributed by atoms with Gasteiger partial charge in [-0.15, -0.1) is 0 Å². The van der Waals surface area contributed by atoms with Crippen molar-refractivity contribution in [3.63, 3.8) is 0 Å². The third-order valence-corrected chi connectivity index (χ3v) is 6.26. The molecule has 3 aliphatic rings. The molecule has 31 heavy (non-hydrogen) atoms. The molecule has 5 rings (SSSR count). The van der Waals surface area contributed by atoms with Gasteiger partial charge < -0.3 is 4.90 Å². The maximum absolute atomic E-state index is 13.5. The molecule has 0 saturated carbocycles. The topological polar surface area (TPSA) is 82.6 Å². The van der Waals surface area contributed by atoms with Gasteiger partial charge in [-0.3, -0.25) is 29.6 Å². The third kappa shape index (κ3) is 3.83. The number of rotatable bonds is 4. The fourth-order valence-electron chi connectivity index (χ4n) is 4.65. The first-order chi connectivity index (χ1) is 15.0. The molecular formula is C23H23FN4O3. The molecule has 1 unspecified atom stereocenters. The molecule has 0 spiro atoms. The van der Waals surface area contributed by atoms with Crippen LogP contribution in [0.15, 0.2) is 36.5 Å². The molecule has 0 radical (unpaired) electrons. The summed E-state index contributed by atoms with van der Waals surface area (Å²) in [6, 6.07) is 8.91. The summed E-state index contributed by atoms with van der Waals surface area (Å²) in [4.78, 5) is 44.6. The van der Waals surface area contributed by atoms with Crippen LogP contribution in [-0.4, -0.2) is 57.8 Å². The van der Waals surface area contributed by atoms with Gasteiger partial charge in [-0.25, -0.2) is 4.39 Å². The first kappa shape index (κ1) is 19.8. The van der Waals surface area contributed by atoms with Crippen LogP contribution in [0.4, 0.5) is 4.39 Å². The summed E-state index contributed by atoms with van der Waals surface area (Å²) in [5.41, 5.74) is 4.18. The van der Waals surface area contributed by atoms with E-state index in [9.17, 15) is 18.8 Å². The minimum absolute atomic E-state index is 0.187. The number of amides is 3. The second kappa shape index (κ2) is 7.85. The Hall–Kier alpha value is -3.13. The number of imide groups is 1. The Morgan fingerprint density at radius 2 is 2.00 bits per heavy atom. The highest BCUT2D eigenvalue weighted by atomic mass is 19.1. The van der Waals surface area contributed by atoms with Crippen LogP contribution in [0.2, 0.25) is 0 Å². The zero-order chi connectivity index (χ0) is 21.5. The fraction of sp³-hybridized carbons (Fsp3) is 0.391. The number of halogens is 1. The van der Waals surface area contributed by atoms with Crippen molar-refractivity contribution in [1.82, 2.24) is 20.1 Å². The SMILES string of the molecule is O=C1CCC(N2Cc3cc(-c4cc(CN5CC[C@@H](F)C5)ccn4)ccc3C2=O)C(=O)N1. The molecule has 0 aliphatic carbocycles. The Bertz CT molecular complexity index is 1070. The lowest BCUT2D eigenvalue weighted by Crippen LogP contribution is -2.52. The number of carbonyl (C=O) groups excluding carboxylic acids is 3. The minimum Gasteiger partial charge on any atom is -0.322 e. The van der Waals surface area contributed by atoms with Gasteiger partial charge in [0.2, 0.25) is 11.8 Å². The second-order valence-corrected chi connectivity index (χ2v) is 8.44. The highest BCUT2D eigenvalue weighted by Crippen LogP contribution is 2.31. The molecule has 4 heterocycles. The molecule has 2 fully saturated rings. The largest absolute Gasteiger partial charge is 0.322 e. The Kier molecular flexibility index (Phi) is 5.02. The lowest BCUT2D eigenvalue weighted by atomic mass is 10.0. The van der Waals surface area contributed by atoms with E-state index in [1.165, 1.54) is 0 Å². The van der Waals surface area contributed by atoms with Crippen LogP contribution >= 0.6 is 0 Å². The van der Waals surface area contributed by atoms with Crippen molar-refractivity contribution in [3.8, 4) is 11.3 Å². The average Bonchev–Trinajstić information content (AvgIpc) is 3.30. The highest BCUT2D eigenvalue weighted by molar-refractivity contribution is 6.05. The quantitative estimate of drug-likeness (QED) is 0.763. The van der Waals surface area contributed by atoms with Gasteiger partial charge in [0.1, 0.15) is 12.2 Å². The maximum Gasteiger partial charge on any atom is 0.255 e. The number of hydrogen-bond donors (Lipinski definition) is 1. The van der Waals surface area contributed by atoms with Crippen LogP contribution in [0.5, 0.6) is 0 Å². The van der Waals surface area contributed by atoms with E-state index in [-0.39, 0.29) is 18.2 Å². The van der Waals surface area contributed by atoms with Crippen molar-refractivity contribution in [3.05, 3.63) is 53.2 Å². The zero-order valence-electron chi connectivity index (χ0n) is 17.0. The molecule has 1 N–H and O–H groups in total. The van der Waals surface area contributed by atoms with E-state index < -0.39 is 18.1 Å². The molecule has 160 valence electrons. The molecule has 0 bridgehead atoms. The normalized spacial score (nSPS) is 23.9. The predicted octanol–water partition coefficient (Wildman–Crippen LogP) is 2.05. The summed E-state index contributed by atoms with van der Waals surface area (Å²) in [7, 11) is 0. The lowest BCUT2D eigenvalue weighted by molar-refractivity contribution is -0.136. The van der Waals surface area contributed by atoms with Crippen molar-refractivity contribution in [2.75, 3.05) is 13.1 Å². The highest BCUT2D eigenvalue weighted by Gasteiger charge is 2.39. The number of likely N-dealkylation sites (tertiary alicyclic amines) is 1. The Balaban J connectivity index is 1.35. The number of carbonyl (C=O) groups is 3. The number of nitrogens with zero attached hydrogens (tertiary/aromatic N) is 3. The van der Waals surface area contributed by atoms with Crippen molar-refractivity contribution < 1.29 is 18.8 Å². The van der Waals surface area contributed by atoms with E-state index in [0.717, 1.165) is 28.9 Å². The van der Waals surface area contributed by atoms with Crippen LogP contribution in [0.25, 0.3) is 11.3 Å². The molecule has 1 aromatic carbocycles. The monoisotopic (exact) mass is 422 g/mol. The number of alkyl halides is 1. The predicted molar refractivity (Wildman–Crippen MR) is 111 cm³/mol. The molecule has 2 atom stereocenters. The van der Waals surface area contributed by atoms with Gasteiger partial charge in [-0.1, -0.05) is 6.07 Å². The van der Waals surface area contributed by atoms with Gasteiger partial charge in [-0.2, -0.15) is 0 Å². The molecule has 2 aromatic rings. The number of benzene rings is 1. The van der Waals surface area contributed by atoms with Crippen molar-refractivity contribution >= 4 is 17.7 Å². The number of hydrogen-bond acceptors (Lipinski definition) is 5. The van der Waals surface area contributed by atoms with E-state index in [1.54, 1.807) is 17.2 Å². The molecule has 2 saturated heterocycles. The summed E-state index contributed by atoms with van der Waals surface area (Å²) in [5.74, 6) is -0.897. The number of nitrogens with one attached hydrogen (secondary N) is 1. The van der Waals surface area contributed by atoms with Crippen LogP contribution in [0, 0.1) is 0 Å². The summed E-state index contributed by atoms with van der Waals surface area (Å²) < 4.78 is 13.5. The van der Waals surface area contributed by atoms with Crippen molar-refractivity contribution in [2.24, 2.45) is 0 Å². The van der Waals surface area contributed by atoms with Crippen molar-refractivity contribution in [1.29, 1.82) is 0 Å². The summed E-state index contributed by atoms with van der Waals surface area (Å²) in [6.45, 7) is 2.24. The molecule has 8 heteroatoms. The number of fused-ring (bicyclic) bond motifs is 1. The van der Waals surface area contributed by atoms with Crippen LogP contribution in [0.1, 0.15) is 40.7 Å². The van der Waals surface area contributed by atoms with E-state index in [4.69, 9.17) is 0 Å². The fourth-order valence-corrected chi connectivity index (χ4v) is 4.65. The number of aromatic nitrogens is 1. The standard InChI is InChI=1S/C23H23FN4O3/c24-17-6-8-27(13-17)11-14-5-7-25-19(9-14)15-1-2-18-16(10-15)12-28(23(18)31)20-3-4-21(29)26-22(20)30/h1-2,5,7,9-10,17,20H,3-4,6,8,11-13H2,(H,26,29,30)/t17-,20?/m1/s1. The van der Waals surface area contributed by atoms with E-state index in [2.05, 4.69) is 15.2 Å². The van der Waals surface area contributed by atoms with E-state index >= 15 is 0 Å². The maximum atomic E-state index is 13.5. The summed E-state index contributed by atoms with van der Waals surface area (Å²) in [5, 5.41) is 2.32. The molecule has 7 nitrogen and oxygen atoms in total. The van der Waals surface area contributed by atoms with Crippen LogP contribution in [-0.2, 0) is 22.7 Å². The number of pyridine rings is 1. The Morgan fingerprint density at radius 3 is 2.77 bits per heavy atom. The van der Waals surface area contributed by atoms with Crippen LogP contribution < -0.4 is 5.32 Å². The smallest absolute Gasteiger partial charge is 0.255 e.